The summed E-state index contributed by atoms with van der Waals surface area (Å²) in [7, 11) is 0. The van der Waals surface area contributed by atoms with Gasteiger partial charge in [0.2, 0.25) is 0 Å². The van der Waals surface area contributed by atoms with Crippen LogP contribution >= 0.6 is 0 Å². The van der Waals surface area contributed by atoms with Crippen molar-refractivity contribution in [1.82, 2.24) is 0 Å². The van der Waals surface area contributed by atoms with Crippen molar-refractivity contribution in [3.63, 3.8) is 0 Å². The van der Waals surface area contributed by atoms with Crippen molar-refractivity contribution in [3.05, 3.63) is 11.6 Å². The van der Waals surface area contributed by atoms with Gasteiger partial charge in [0.25, 0.3) is 0 Å². The topological polar surface area (TPSA) is 151 Å². The normalized spacial score (nSPS) is 44.7. The first kappa shape index (κ1) is 35.5. The standard InChI is InChI=1S/C37H60N2O7/c1-21(2)22(3)33(5)13-14-35(7)25-11-12-28-34(6)19-44-20-37(28,26(25)16-29(41)36(35,8)30(33)32(42)43)17-27(46-23(4)40)31(34)45-18-24(39)10-9-15-38/h16,21-22,24-25,27-28,30-31H,9-15,17-20,38-39H2,1-8H3,(H,42,43)/t22-,24?,25+,27-,28+,30-,31+,33-,34+,35-,36+,37-/m1/s1. The summed E-state index contributed by atoms with van der Waals surface area (Å²) >= 11 is 0. The number of fused-ring (bicyclic) bond motifs is 3. The summed E-state index contributed by atoms with van der Waals surface area (Å²) in [6.45, 7) is 18.2. The van der Waals surface area contributed by atoms with Crippen molar-refractivity contribution in [3.8, 4) is 0 Å². The van der Waals surface area contributed by atoms with Crippen molar-refractivity contribution in [2.45, 2.75) is 119 Å². The summed E-state index contributed by atoms with van der Waals surface area (Å²) in [5.74, 6) is -1.50. The van der Waals surface area contributed by atoms with Crippen LogP contribution in [0.25, 0.3) is 0 Å². The number of nitrogens with two attached hydrogens (primary N) is 2. The molecule has 5 aliphatic rings. The maximum absolute atomic E-state index is 14.8. The molecule has 5 N–H and O–H groups in total. The molecule has 1 unspecified atom stereocenters. The highest BCUT2D eigenvalue weighted by Crippen LogP contribution is 2.74. The quantitative estimate of drug-likeness (QED) is 0.275. The van der Waals surface area contributed by atoms with Crippen molar-refractivity contribution >= 4 is 17.7 Å². The van der Waals surface area contributed by atoms with Gasteiger partial charge in [0.1, 0.15) is 12.2 Å². The summed E-state index contributed by atoms with van der Waals surface area (Å²) in [5, 5.41) is 10.9. The van der Waals surface area contributed by atoms with Crippen LogP contribution in [-0.4, -0.2) is 67.4 Å². The third-order valence-electron chi connectivity index (χ3n) is 14.5. The zero-order chi connectivity index (χ0) is 34.0. The minimum absolute atomic E-state index is 0.0262. The first-order valence-electron chi connectivity index (χ1n) is 17.8. The number of carboxylic acid groups (broad SMARTS) is 1. The molecule has 9 nitrogen and oxygen atoms in total. The van der Waals surface area contributed by atoms with Gasteiger partial charge < -0.3 is 30.8 Å². The van der Waals surface area contributed by atoms with Gasteiger partial charge >= 0.3 is 11.9 Å². The Kier molecular flexibility index (Phi) is 9.46. The van der Waals surface area contributed by atoms with Crippen LogP contribution in [0, 0.1) is 56.7 Å². The van der Waals surface area contributed by atoms with Crippen LogP contribution in [0.1, 0.15) is 100 Å². The number of hydrogen-bond acceptors (Lipinski definition) is 8. The predicted octanol–water partition coefficient (Wildman–Crippen LogP) is 5.14. The number of hydrogen-bond donors (Lipinski definition) is 3. The largest absolute Gasteiger partial charge is 0.481 e. The lowest BCUT2D eigenvalue weighted by Gasteiger charge is -2.70. The Balaban J connectivity index is 1.58. The minimum atomic E-state index is -1.05. The number of ketones is 1. The van der Waals surface area contributed by atoms with E-state index < -0.39 is 51.2 Å². The summed E-state index contributed by atoms with van der Waals surface area (Å²) in [6.07, 6.45) is 6.31. The zero-order valence-electron chi connectivity index (χ0n) is 29.5. The molecule has 4 aliphatic carbocycles. The van der Waals surface area contributed by atoms with Gasteiger partial charge in [-0.1, -0.05) is 54.0 Å². The molecular formula is C37H60N2O7. The number of rotatable bonds is 10. The number of aliphatic carboxylic acids is 1. The Morgan fingerprint density at radius 1 is 1.11 bits per heavy atom. The number of carbonyl (C=O) groups excluding carboxylic acids is 2. The monoisotopic (exact) mass is 644 g/mol. The molecule has 0 amide bonds. The highest BCUT2D eigenvalue weighted by Gasteiger charge is 2.74. The van der Waals surface area contributed by atoms with E-state index in [9.17, 15) is 19.5 Å². The second-order valence-corrected chi connectivity index (χ2v) is 17.0. The molecule has 46 heavy (non-hydrogen) atoms. The molecule has 0 aromatic carbocycles. The number of carbonyl (C=O) groups is 3. The Morgan fingerprint density at radius 3 is 2.41 bits per heavy atom. The molecule has 5 rings (SSSR count). The molecule has 0 aromatic heterocycles. The van der Waals surface area contributed by atoms with Gasteiger partial charge in [0, 0.05) is 29.2 Å². The fourth-order valence-electron chi connectivity index (χ4n) is 11.7. The predicted molar refractivity (Wildman–Crippen MR) is 176 cm³/mol. The van der Waals surface area contributed by atoms with E-state index in [0.717, 1.165) is 44.1 Å². The van der Waals surface area contributed by atoms with Crippen molar-refractivity contribution in [2.75, 3.05) is 26.4 Å². The average molecular weight is 645 g/mol. The van der Waals surface area contributed by atoms with Gasteiger partial charge in [-0.2, -0.15) is 0 Å². The van der Waals surface area contributed by atoms with E-state index in [-0.39, 0.29) is 35.5 Å². The van der Waals surface area contributed by atoms with Gasteiger partial charge in [0.05, 0.1) is 25.7 Å². The zero-order valence-corrected chi connectivity index (χ0v) is 29.5. The van der Waals surface area contributed by atoms with Crippen LogP contribution in [0.15, 0.2) is 11.6 Å². The van der Waals surface area contributed by atoms with Crippen LogP contribution in [0.2, 0.25) is 0 Å². The fraction of sp³-hybridized carbons (Fsp3) is 0.865. The summed E-state index contributed by atoms with van der Waals surface area (Å²) in [4.78, 5) is 40.6. The molecule has 2 bridgehead atoms. The Morgan fingerprint density at radius 2 is 1.80 bits per heavy atom. The van der Waals surface area contributed by atoms with Crippen LogP contribution < -0.4 is 11.5 Å². The van der Waals surface area contributed by atoms with Crippen LogP contribution in [-0.2, 0) is 28.6 Å². The molecule has 1 aliphatic heterocycles. The maximum atomic E-state index is 14.8. The molecule has 0 spiro atoms. The molecule has 1 heterocycles. The van der Waals surface area contributed by atoms with E-state index in [0.29, 0.717) is 38.7 Å². The number of ether oxygens (including phenoxy) is 3. The molecule has 3 saturated carbocycles. The highest BCUT2D eigenvalue weighted by atomic mass is 16.6. The number of esters is 1. The molecule has 0 aromatic rings. The van der Waals surface area contributed by atoms with E-state index in [1.165, 1.54) is 6.92 Å². The number of carboxylic acids is 1. The lowest BCUT2D eigenvalue weighted by Crippen LogP contribution is -2.71. The van der Waals surface area contributed by atoms with E-state index >= 15 is 0 Å². The maximum Gasteiger partial charge on any atom is 0.308 e. The highest BCUT2D eigenvalue weighted by molar-refractivity contribution is 6.00. The van der Waals surface area contributed by atoms with Crippen molar-refractivity contribution in [2.24, 2.45) is 68.1 Å². The Hall–Kier alpha value is -1.81. The lowest BCUT2D eigenvalue weighted by atomic mass is 9.34. The van der Waals surface area contributed by atoms with Crippen molar-refractivity contribution < 1.29 is 33.7 Å². The van der Waals surface area contributed by atoms with Gasteiger partial charge in [-0.15, -0.1) is 0 Å². The summed E-state index contributed by atoms with van der Waals surface area (Å²) in [5.41, 5.74) is 10.1. The van der Waals surface area contributed by atoms with E-state index in [4.69, 9.17) is 25.7 Å². The Bertz CT molecular complexity index is 1250. The lowest BCUT2D eigenvalue weighted by molar-refractivity contribution is -0.266. The van der Waals surface area contributed by atoms with E-state index in [1.807, 2.05) is 13.0 Å². The Labute approximate surface area is 275 Å². The summed E-state index contributed by atoms with van der Waals surface area (Å²) < 4.78 is 19.1. The van der Waals surface area contributed by atoms with Gasteiger partial charge in [-0.25, -0.2) is 0 Å². The molecule has 12 atom stereocenters. The second-order valence-electron chi connectivity index (χ2n) is 17.0. The molecule has 260 valence electrons. The molecule has 1 saturated heterocycles. The molecular weight excluding hydrogens is 584 g/mol. The third kappa shape index (κ3) is 5.04. The fourth-order valence-corrected chi connectivity index (χ4v) is 11.7. The summed E-state index contributed by atoms with van der Waals surface area (Å²) in [6, 6.07) is -0.175. The average Bonchev–Trinajstić information content (AvgIpc) is 2.96. The minimum Gasteiger partial charge on any atom is -0.481 e. The molecule has 0 radical (unpaired) electrons. The van der Waals surface area contributed by atoms with Crippen LogP contribution in [0.4, 0.5) is 0 Å². The van der Waals surface area contributed by atoms with E-state index in [2.05, 4.69) is 41.5 Å². The number of allylic oxidation sites excluding steroid dienone is 1. The molecule has 4 fully saturated rings. The smallest absolute Gasteiger partial charge is 0.308 e. The van der Waals surface area contributed by atoms with E-state index in [1.54, 1.807) is 0 Å². The first-order valence-corrected chi connectivity index (χ1v) is 17.8. The van der Waals surface area contributed by atoms with Gasteiger partial charge in [-0.05, 0) is 92.1 Å². The SMILES string of the molecule is CC(=O)O[C@@H]1C[C@]23COC[C@@](C)([C@@H]2CC[C@H]2C3=CC(=O)[C@@]3(C)[C@H](C(=O)O)[C@@](C)([C@H](C)C(C)C)CC[C@]23C)[C@H]1OCC(N)CCCN. The van der Waals surface area contributed by atoms with Gasteiger partial charge in [0.15, 0.2) is 5.78 Å². The molecule has 9 heteroatoms. The van der Waals surface area contributed by atoms with Crippen LogP contribution in [0.5, 0.6) is 0 Å². The van der Waals surface area contributed by atoms with Crippen molar-refractivity contribution in [1.29, 1.82) is 0 Å². The third-order valence-corrected chi connectivity index (χ3v) is 14.5. The first-order chi connectivity index (χ1) is 21.4. The van der Waals surface area contributed by atoms with Crippen LogP contribution in [0.3, 0.4) is 0 Å². The second kappa shape index (κ2) is 12.3. The van der Waals surface area contributed by atoms with Gasteiger partial charge in [-0.3, -0.25) is 14.4 Å².